The number of hydrogen-bond donors (Lipinski definition) is 2. The highest BCUT2D eigenvalue weighted by Gasteiger charge is 2.55. The summed E-state index contributed by atoms with van der Waals surface area (Å²) in [6, 6.07) is 5.57. The first-order chi connectivity index (χ1) is 13.4. The Labute approximate surface area is 163 Å². The molecule has 2 fully saturated rings. The van der Waals surface area contributed by atoms with Crippen LogP contribution in [-0.2, 0) is 11.3 Å². The van der Waals surface area contributed by atoms with Crippen molar-refractivity contribution >= 4 is 12.0 Å². The fourth-order valence-corrected chi connectivity index (χ4v) is 4.59. The molecule has 1 saturated heterocycles. The van der Waals surface area contributed by atoms with E-state index in [1.807, 2.05) is 32.0 Å². The highest BCUT2D eigenvalue weighted by atomic mass is 16.4. The average molecular weight is 383 g/mol. The van der Waals surface area contributed by atoms with Gasteiger partial charge in [0.2, 0.25) is 0 Å². The van der Waals surface area contributed by atoms with Crippen LogP contribution in [0.2, 0.25) is 0 Å². The number of aliphatic carboxylic acids is 1. The SMILES string of the molecule is Cc1cc(C)n(-c2ccc(CNC(=O)N3C[C@@H]4CCC[C@@]4(C(=O)O)C3)cn2)n1. The Kier molecular flexibility index (Phi) is 4.56. The third-order valence-corrected chi connectivity index (χ3v) is 6.06. The molecule has 1 aliphatic carbocycles. The minimum Gasteiger partial charge on any atom is -0.481 e. The number of pyridine rings is 1. The van der Waals surface area contributed by atoms with Crippen molar-refractivity contribution in [2.24, 2.45) is 11.3 Å². The number of urea groups is 1. The van der Waals surface area contributed by atoms with Crippen molar-refractivity contribution in [3.05, 3.63) is 41.3 Å². The summed E-state index contributed by atoms with van der Waals surface area (Å²) in [6.45, 7) is 5.09. The van der Waals surface area contributed by atoms with Gasteiger partial charge in [0.1, 0.15) is 0 Å². The molecule has 1 aliphatic heterocycles. The number of rotatable bonds is 4. The van der Waals surface area contributed by atoms with Gasteiger partial charge in [0, 0.05) is 31.5 Å². The molecule has 1 saturated carbocycles. The standard InChI is InChI=1S/C20H25N5O3/c1-13-8-14(2)25(23-13)17-6-5-15(9-21-17)10-22-19(28)24-11-16-4-3-7-20(16,12-24)18(26)27/h5-6,8-9,16H,3-4,7,10-12H2,1-2H3,(H,22,28)(H,26,27)/t16-,20+/m0/s1. The zero-order valence-electron chi connectivity index (χ0n) is 16.2. The Balaban J connectivity index is 1.37. The fraction of sp³-hybridized carbons (Fsp3) is 0.500. The van der Waals surface area contributed by atoms with E-state index in [9.17, 15) is 14.7 Å². The number of carbonyl (C=O) groups excluding carboxylic acids is 1. The maximum Gasteiger partial charge on any atom is 0.317 e. The third-order valence-electron chi connectivity index (χ3n) is 6.06. The summed E-state index contributed by atoms with van der Waals surface area (Å²) in [7, 11) is 0. The third kappa shape index (κ3) is 3.12. The lowest BCUT2D eigenvalue weighted by Gasteiger charge is -2.23. The van der Waals surface area contributed by atoms with Crippen LogP contribution < -0.4 is 5.32 Å². The molecule has 0 bridgehead atoms. The van der Waals surface area contributed by atoms with Gasteiger partial charge >= 0.3 is 12.0 Å². The molecule has 2 aromatic rings. The fourth-order valence-electron chi connectivity index (χ4n) is 4.59. The molecule has 28 heavy (non-hydrogen) atoms. The van der Waals surface area contributed by atoms with E-state index >= 15 is 0 Å². The average Bonchev–Trinajstić information content (AvgIpc) is 3.32. The quantitative estimate of drug-likeness (QED) is 0.844. The Morgan fingerprint density at radius 2 is 2.18 bits per heavy atom. The number of likely N-dealkylation sites (tertiary alicyclic amines) is 1. The molecular weight excluding hydrogens is 358 g/mol. The van der Waals surface area contributed by atoms with Gasteiger partial charge < -0.3 is 15.3 Å². The second kappa shape index (κ2) is 6.92. The van der Waals surface area contributed by atoms with Gasteiger partial charge in [-0.15, -0.1) is 0 Å². The van der Waals surface area contributed by atoms with Gasteiger partial charge in [-0.1, -0.05) is 12.5 Å². The minimum atomic E-state index is -0.769. The van der Waals surface area contributed by atoms with Gasteiger partial charge in [0.15, 0.2) is 5.82 Å². The summed E-state index contributed by atoms with van der Waals surface area (Å²) in [5, 5.41) is 17.0. The molecule has 2 aromatic heterocycles. The number of aryl methyl sites for hydroxylation is 2. The molecule has 0 unspecified atom stereocenters. The molecule has 0 aromatic carbocycles. The highest BCUT2D eigenvalue weighted by molar-refractivity contribution is 5.80. The Bertz CT molecular complexity index is 907. The minimum absolute atomic E-state index is 0.0671. The van der Waals surface area contributed by atoms with Crippen molar-refractivity contribution in [3.63, 3.8) is 0 Å². The van der Waals surface area contributed by atoms with Crippen LogP contribution in [0.3, 0.4) is 0 Å². The molecule has 148 valence electrons. The molecule has 0 spiro atoms. The van der Waals surface area contributed by atoms with Crippen LogP contribution in [-0.4, -0.2) is 49.9 Å². The molecule has 3 heterocycles. The molecule has 2 amide bonds. The van der Waals surface area contributed by atoms with Crippen LogP contribution in [0.1, 0.15) is 36.2 Å². The van der Waals surface area contributed by atoms with E-state index in [1.165, 1.54) is 0 Å². The molecule has 2 atom stereocenters. The van der Waals surface area contributed by atoms with Crippen molar-refractivity contribution in [2.45, 2.75) is 39.7 Å². The second-order valence-corrected chi connectivity index (χ2v) is 7.95. The first kappa shape index (κ1) is 18.5. The van der Waals surface area contributed by atoms with Gasteiger partial charge in [-0.25, -0.2) is 14.5 Å². The number of hydrogen-bond acceptors (Lipinski definition) is 4. The van der Waals surface area contributed by atoms with Crippen molar-refractivity contribution in [1.29, 1.82) is 0 Å². The monoisotopic (exact) mass is 383 g/mol. The molecule has 4 rings (SSSR count). The van der Waals surface area contributed by atoms with Gasteiger partial charge in [-0.2, -0.15) is 5.10 Å². The van der Waals surface area contributed by atoms with Crippen LogP contribution in [0.4, 0.5) is 4.79 Å². The zero-order valence-corrected chi connectivity index (χ0v) is 16.2. The van der Waals surface area contributed by atoms with Gasteiger partial charge in [0.05, 0.1) is 11.1 Å². The van der Waals surface area contributed by atoms with Gasteiger partial charge in [-0.3, -0.25) is 4.79 Å². The van der Waals surface area contributed by atoms with E-state index in [1.54, 1.807) is 15.8 Å². The van der Waals surface area contributed by atoms with Crippen LogP contribution in [0.5, 0.6) is 0 Å². The number of nitrogens with zero attached hydrogens (tertiary/aromatic N) is 4. The van der Waals surface area contributed by atoms with Crippen molar-refractivity contribution in [3.8, 4) is 5.82 Å². The highest BCUT2D eigenvalue weighted by Crippen LogP contribution is 2.48. The first-order valence-electron chi connectivity index (χ1n) is 9.64. The second-order valence-electron chi connectivity index (χ2n) is 7.95. The number of carbonyl (C=O) groups is 2. The summed E-state index contributed by atoms with van der Waals surface area (Å²) in [6.07, 6.45) is 4.20. The van der Waals surface area contributed by atoms with E-state index in [2.05, 4.69) is 15.4 Å². The number of nitrogens with one attached hydrogen (secondary N) is 1. The van der Waals surface area contributed by atoms with Crippen molar-refractivity contribution in [1.82, 2.24) is 25.0 Å². The summed E-state index contributed by atoms with van der Waals surface area (Å²) in [5.41, 5.74) is 2.08. The van der Waals surface area contributed by atoms with E-state index < -0.39 is 11.4 Å². The topological polar surface area (TPSA) is 100 Å². The number of carboxylic acids is 1. The number of aromatic nitrogens is 3. The molecular formula is C20H25N5O3. The number of amides is 2. The Morgan fingerprint density at radius 1 is 1.36 bits per heavy atom. The van der Waals surface area contributed by atoms with Gasteiger partial charge in [0.25, 0.3) is 0 Å². The van der Waals surface area contributed by atoms with Crippen LogP contribution in [0.25, 0.3) is 5.82 Å². The van der Waals surface area contributed by atoms with E-state index in [-0.39, 0.29) is 11.9 Å². The Hall–Kier alpha value is -2.90. The summed E-state index contributed by atoms with van der Waals surface area (Å²) < 4.78 is 1.78. The molecule has 0 radical (unpaired) electrons. The lowest BCUT2D eigenvalue weighted by Crippen LogP contribution is -2.41. The van der Waals surface area contributed by atoms with Gasteiger partial charge in [-0.05, 0) is 50.3 Å². The molecule has 2 aliphatic rings. The summed E-state index contributed by atoms with van der Waals surface area (Å²) in [5.74, 6) is 0.0307. The van der Waals surface area contributed by atoms with Crippen LogP contribution in [0.15, 0.2) is 24.4 Å². The van der Waals surface area contributed by atoms with Crippen molar-refractivity contribution < 1.29 is 14.7 Å². The predicted octanol–water partition coefficient (Wildman–Crippen LogP) is 2.28. The number of fused-ring (bicyclic) bond motifs is 1. The normalized spacial score (nSPS) is 23.6. The maximum absolute atomic E-state index is 12.5. The Morgan fingerprint density at radius 3 is 2.79 bits per heavy atom. The first-order valence-corrected chi connectivity index (χ1v) is 9.64. The maximum atomic E-state index is 12.5. The zero-order chi connectivity index (χ0) is 19.9. The summed E-state index contributed by atoms with van der Waals surface area (Å²) >= 11 is 0. The number of carboxylic acid groups (broad SMARTS) is 1. The van der Waals surface area contributed by atoms with E-state index in [4.69, 9.17) is 0 Å². The van der Waals surface area contributed by atoms with Crippen LogP contribution in [0, 0.1) is 25.2 Å². The van der Waals surface area contributed by atoms with Crippen LogP contribution >= 0.6 is 0 Å². The van der Waals surface area contributed by atoms with E-state index in [0.29, 0.717) is 26.1 Å². The van der Waals surface area contributed by atoms with Crippen molar-refractivity contribution in [2.75, 3.05) is 13.1 Å². The lowest BCUT2D eigenvalue weighted by molar-refractivity contribution is -0.149. The molecule has 8 heteroatoms. The smallest absolute Gasteiger partial charge is 0.317 e. The predicted molar refractivity (Wildman–Crippen MR) is 102 cm³/mol. The lowest BCUT2D eigenvalue weighted by atomic mass is 9.81. The molecule has 8 nitrogen and oxygen atoms in total. The molecule has 2 N–H and O–H groups in total. The largest absolute Gasteiger partial charge is 0.481 e. The van der Waals surface area contributed by atoms with E-state index in [0.717, 1.165) is 35.6 Å². The summed E-state index contributed by atoms with van der Waals surface area (Å²) in [4.78, 5) is 30.4.